The van der Waals surface area contributed by atoms with Crippen molar-refractivity contribution in [1.82, 2.24) is 30.2 Å². The Labute approximate surface area is 186 Å². The summed E-state index contributed by atoms with van der Waals surface area (Å²) in [5, 5.41) is 19.9. The van der Waals surface area contributed by atoms with Crippen molar-refractivity contribution >= 4 is 5.91 Å². The Kier molecular flexibility index (Phi) is 5.66. The Hall–Kier alpha value is -4.46. The fourth-order valence-corrected chi connectivity index (χ4v) is 3.29. The molecule has 1 N–H and O–H groups in total. The van der Waals surface area contributed by atoms with Crippen LogP contribution in [-0.2, 0) is 12.5 Å². The number of carbonyl (C=O) groups excluding carboxylic acids is 1. The number of hydrogen-bond acceptors (Lipinski definition) is 7. The van der Waals surface area contributed by atoms with E-state index in [0.29, 0.717) is 11.8 Å². The van der Waals surface area contributed by atoms with Crippen molar-refractivity contribution in [1.29, 1.82) is 5.26 Å². The molecule has 11 heteroatoms. The zero-order valence-corrected chi connectivity index (χ0v) is 17.6. The third kappa shape index (κ3) is 4.31. The molecule has 9 nitrogen and oxygen atoms in total. The highest BCUT2D eigenvalue weighted by molar-refractivity contribution is 5.92. The van der Waals surface area contributed by atoms with E-state index in [1.54, 1.807) is 42.3 Å². The molecule has 4 aromatic heterocycles. The third-order valence-electron chi connectivity index (χ3n) is 5.16. The highest BCUT2D eigenvalue weighted by atomic mass is 19.1. The second kappa shape index (κ2) is 8.58. The van der Waals surface area contributed by atoms with Gasteiger partial charge < -0.3 is 9.84 Å². The standard InChI is InChI=1S/C22H17F2N7O2/c1-22(13-9-28-31(2)11-13,19-5-3-4-15(8-25)29-19)12-27-21(32)18-7-17(30-33-18)20-16(24)6-14(23)10-26-20/h3-7,9-11H,12H2,1-2H3,(H,27,32). The molecule has 1 amide bonds. The number of amides is 1. The van der Waals surface area contributed by atoms with Gasteiger partial charge >= 0.3 is 0 Å². The number of nitrogens with zero attached hydrogens (tertiary/aromatic N) is 6. The summed E-state index contributed by atoms with van der Waals surface area (Å²) in [4.78, 5) is 20.8. The summed E-state index contributed by atoms with van der Waals surface area (Å²) in [5.41, 5.74) is 0.453. The van der Waals surface area contributed by atoms with Gasteiger partial charge in [0.1, 0.15) is 29.0 Å². The lowest BCUT2D eigenvalue weighted by atomic mass is 9.80. The number of rotatable bonds is 6. The lowest BCUT2D eigenvalue weighted by molar-refractivity contribution is 0.0910. The highest BCUT2D eigenvalue weighted by Gasteiger charge is 2.33. The molecule has 166 valence electrons. The van der Waals surface area contributed by atoms with Crippen LogP contribution < -0.4 is 5.32 Å². The number of nitrogens with one attached hydrogen (secondary N) is 1. The second-order valence-electron chi connectivity index (χ2n) is 7.50. The first-order valence-electron chi connectivity index (χ1n) is 9.73. The van der Waals surface area contributed by atoms with Crippen LogP contribution in [0.1, 0.15) is 34.4 Å². The van der Waals surface area contributed by atoms with Gasteiger partial charge in [-0.3, -0.25) is 9.48 Å². The van der Waals surface area contributed by atoms with Crippen molar-refractivity contribution < 1.29 is 18.1 Å². The number of hydrogen-bond donors (Lipinski definition) is 1. The maximum Gasteiger partial charge on any atom is 0.289 e. The van der Waals surface area contributed by atoms with Gasteiger partial charge in [-0.15, -0.1) is 0 Å². The number of carbonyl (C=O) groups is 1. The number of pyridine rings is 2. The first kappa shape index (κ1) is 21.8. The normalized spacial score (nSPS) is 12.7. The van der Waals surface area contributed by atoms with E-state index >= 15 is 0 Å². The fraction of sp³-hybridized carbons (Fsp3) is 0.182. The van der Waals surface area contributed by atoms with E-state index < -0.39 is 23.0 Å². The lowest BCUT2D eigenvalue weighted by Gasteiger charge is -2.28. The summed E-state index contributed by atoms with van der Waals surface area (Å²) in [5.74, 6) is -2.55. The van der Waals surface area contributed by atoms with Crippen LogP contribution >= 0.6 is 0 Å². The van der Waals surface area contributed by atoms with E-state index in [1.807, 2.05) is 13.0 Å². The molecule has 0 saturated carbocycles. The van der Waals surface area contributed by atoms with Crippen LogP contribution in [0.15, 0.2) is 53.4 Å². The van der Waals surface area contributed by atoms with Crippen LogP contribution in [-0.4, -0.2) is 37.4 Å². The Balaban J connectivity index is 1.59. The van der Waals surface area contributed by atoms with E-state index in [1.165, 1.54) is 6.07 Å². The van der Waals surface area contributed by atoms with Crippen molar-refractivity contribution in [3.63, 3.8) is 0 Å². The van der Waals surface area contributed by atoms with E-state index in [2.05, 4.69) is 25.5 Å². The minimum absolute atomic E-state index is 0.0453. The van der Waals surface area contributed by atoms with Crippen LogP contribution in [0.25, 0.3) is 11.4 Å². The summed E-state index contributed by atoms with van der Waals surface area (Å²) >= 11 is 0. The third-order valence-corrected chi connectivity index (χ3v) is 5.16. The Morgan fingerprint density at radius 1 is 1.30 bits per heavy atom. The maximum absolute atomic E-state index is 14.0. The number of halogens is 2. The minimum atomic E-state index is -0.928. The summed E-state index contributed by atoms with van der Waals surface area (Å²) in [6, 6.07) is 8.95. The summed E-state index contributed by atoms with van der Waals surface area (Å²) in [6.07, 6.45) is 4.29. The molecule has 33 heavy (non-hydrogen) atoms. The van der Waals surface area contributed by atoms with E-state index in [4.69, 9.17) is 4.52 Å². The number of aromatic nitrogens is 5. The van der Waals surface area contributed by atoms with Crippen molar-refractivity contribution in [2.45, 2.75) is 12.3 Å². The SMILES string of the molecule is Cn1cc(C(C)(CNC(=O)c2cc(-c3ncc(F)cc3F)no2)c2cccc(C#N)n2)cn1. The van der Waals surface area contributed by atoms with Crippen molar-refractivity contribution in [3.8, 4) is 17.5 Å². The Bertz CT molecular complexity index is 1380. The van der Waals surface area contributed by atoms with Gasteiger partial charge in [-0.2, -0.15) is 10.4 Å². The average molecular weight is 449 g/mol. The van der Waals surface area contributed by atoms with Crippen molar-refractivity contribution in [3.05, 3.63) is 83.3 Å². The van der Waals surface area contributed by atoms with Crippen LogP contribution in [0.5, 0.6) is 0 Å². The first-order valence-corrected chi connectivity index (χ1v) is 9.73. The molecule has 4 heterocycles. The zero-order chi connectivity index (χ0) is 23.6. The second-order valence-corrected chi connectivity index (χ2v) is 7.50. The molecule has 0 fully saturated rings. The molecule has 0 spiro atoms. The molecule has 0 aromatic carbocycles. The van der Waals surface area contributed by atoms with Crippen LogP contribution in [0, 0.1) is 23.0 Å². The Morgan fingerprint density at radius 2 is 2.12 bits per heavy atom. The van der Waals surface area contributed by atoms with Gasteiger partial charge in [0.2, 0.25) is 5.76 Å². The van der Waals surface area contributed by atoms with Crippen LogP contribution in [0.2, 0.25) is 0 Å². The fourth-order valence-electron chi connectivity index (χ4n) is 3.29. The lowest BCUT2D eigenvalue weighted by Crippen LogP contribution is -2.40. The quantitative estimate of drug-likeness (QED) is 0.480. The van der Waals surface area contributed by atoms with Gasteiger partial charge in [-0.1, -0.05) is 11.2 Å². The molecule has 0 saturated heterocycles. The number of nitriles is 1. The predicted octanol–water partition coefficient (Wildman–Crippen LogP) is 2.75. The van der Waals surface area contributed by atoms with Crippen LogP contribution in [0.4, 0.5) is 8.78 Å². The van der Waals surface area contributed by atoms with Crippen LogP contribution in [0.3, 0.4) is 0 Å². The monoisotopic (exact) mass is 449 g/mol. The molecule has 1 atom stereocenters. The first-order chi connectivity index (χ1) is 15.8. The van der Waals surface area contributed by atoms with Gasteiger partial charge in [0.15, 0.2) is 5.82 Å². The van der Waals surface area contributed by atoms with E-state index in [9.17, 15) is 18.8 Å². The number of aryl methyl sites for hydroxylation is 1. The molecule has 4 rings (SSSR count). The largest absolute Gasteiger partial charge is 0.350 e. The molecule has 0 bridgehead atoms. The van der Waals surface area contributed by atoms with Crippen molar-refractivity contribution in [2.75, 3.05) is 6.54 Å². The van der Waals surface area contributed by atoms with Gasteiger partial charge in [-0.05, 0) is 19.1 Å². The zero-order valence-electron chi connectivity index (χ0n) is 17.6. The smallest absolute Gasteiger partial charge is 0.289 e. The molecule has 1 unspecified atom stereocenters. The van der Waals surface area contributed by atoms with Gasteiger partial charge in [-0.25, -0.2) is 18.7 Å². The van der Waals surface area contributed by atoms with Gasteiger partial charge in [0.25, 0.3) is 5.91 Å². The molecular formula is C22H17F2N7O2. The molecule has 0 aliphatic heterocycles. The van der Waals surface area contributed by atoms with E-state index in [0.717, 1.165) is 11.8 Å². The summed E-state index contributed by atoms with van der Waals surface area (Å²) in [6.45, 7) is 1.94. The summed E-state index contributed by atoms with van der Waals surface area (Å²) in [7, 11) is 1.76. The molecule has 4 aromatic rings. The van der Waals surface area contributed by atoms with Gasteiger partial charge in [0.05, 0.1) is 23.5 Å². The highest BCUT2D eigenvalue weighted by Crippen LogP contribution is 2.30. The van der Waals surface area contributed by atoms with Crippen molar-refractivity contribution in [2.24, 2.45) is 7.05 Å². The predicted molar refractivity (Wildman–Crippen MR) is 111 cm³/mol. The van der Waals surface area contributed by atoms with Gasteiger partial charge in [0, 0.05) is 37.5 Å². The average Bonchev–Trinajstić information content (AvgIpc) is 3.47. The molecule has 0 aliphatic rings. The molecule has 0 radical (unpaired) electrons. The summed E-state index contributed by atoms with van der Waals surface area (Å²) < 4.78 is 33.7. The topological polar surface area (TPSA) is 123 Å². The van der Waals surface area contributed by atoms with E-state index in [-0.39, 0.29) is 29.4 Å². The molecular weight excluding hydrogens is 432 g/mol. The molecule has 0 aliphatic carbocycles. The minimum Gasteiger partial charge on any atom is -0.350 e. The Morgan fingerprint density at radius 3 is 2.82 bits per heavy atom. The maximum atomic E-state index is 14.0.